The van der Waals surface area contributed by atoms with Crippen LogP contribution in [-0.2, 0) is 4.79 Å². The first-order valence-corrected chi connectivity index (χ1v) is 8.67. The van der Waals surface area contributed by atoms with Crippen molar-refractivity contribution in [1.82, 2.24) is 15.5 Å². The van der Waals surface area contributed by atoms with Crippen molar-refractivity contribution < 1.29 is 9.21 Å². The molecule has 0 spiro atoms. The molecule has 118 valence electrons. The Bertz CT molecular complexity index is 645. The zero-order valence-corrected chi connectivity index (χ0v) is 15.1. The fourth-order valence-electron chi connectivity index (χ4n) is 1.65. The normalized spacial score (nSPS) is 12.4. The van der Waals surface area contributed by atoms with Gasteiger partial charge in [0.15, 0.2) is 0 Å². The first-order chi connectivity index (χ1) is 10.5. The van der Waals surface area contributed by atoms with E-state index in [9.17, 15) is 4.79 Å². The van der Waals surface area contributed by atoms with E-state index < -0.39 is 0 Å². The Morgan fingerprint density at radius 2 is 2.05 bits per heavy atom. The Kier molecular flexibility index (Phi) is 6.02. The van der Waals surface area contributed by atoms with Gasteiger partial charge >= 0.3 is 0 Å². The summed E-state index contributed by atoms with van der Waals surface area (Å²) in [6.45, 7) is 6.60. The minimum Gasteiger partial charge on any atom is -0.411 e. The molecule has 1 heterocycles. The van der Waals surface area contributed by atoms with E-state index in [2.05, 4.69) is 45.3 Å². The fourth-order valence-corrected chi connectivity index (χ4v) is 2.82. The molecule has 1 aromatic carbocycles. The van der Waals surface area contributed by atoms with Crippen molar-refractivity contribution in [2.24, 2.45) is 5.92 Å². The maximum Gasteiger partial charge on any atom is 0.277 e. The lowest BCUT2D eigenvalue weighted by atomic mass is 10.2. The Morgan fingerprint density at radius 3 is 2.73 bits per heavy atom. The van der Waals surface area contributed by atoms with Gasteiger partial charge in [-0.2, -0.15) is 0 Å². The number of aromatic nitrogens is 2. The van der Waals surface area contributed by atoms with Crippen LogP contribution >= 0.6 is 27.7 Å². The topological polar surface area (TPSA) is 68.0 Å². The van der Waals surface area contributed by atoms with Crippen LogP contribution in [0.25, 0.3) is 11.5 Å². The smallest absolute Gasteiger partial charge is 0.277 e. The van der Waals surface area contributed by atoms with E-state index in [1.807, 2.05) is 31.2 Å². The zero-order chi connectivity index (χ0) is 16.1. The van der Waals surface area contributed by atoms with Crippen LogP contribution in [0.2, 0.25) is 0 Å². The Hall–Kier alpha value is -1.34. The molecular weight excluding hydrogens is 366 g/mol. The first-order valence-electron chi connectivity index (χ1n) is 7.00. The minimum atomic E-state index is -0.286. The van der Waals surface area contributed by atoms with Crippen molar-refractivity contribution in [3.63, 3.8) is 0 Å². The minimum absolute atomic E-state index is 0.0284. The van der Waals surface area contributed by atoms with Gasteiger partial charge in [-0.25, -0.2) is 0 Å². The van der Waals surface area contributed by atoms with Gasteiger partial charge in [-0.1, -0.05) is 37.7 Å². The SMILES string of the molecule is CC(C)CNC(=O)[C@H](C)Sc1nnc(-c2ccccc2Br)o1. The molecule has 0 aliphatic carbocycles. The van der Waals surface area contributed by atoms with E-state index >= 15 is 0 Å². The standard InChI is InChI=1S/C15H18BrN3O2S/c1-9(2)8-17-13(20)10(3)22-15-19-18-14(21-15)11-6-4-5-7-12(11)16/h4-7,9-10H,8H2,1-3H3,(H,17,20)/t10-/m0/s1. The maximum atomic E-state index is 12.0. The van der Waals surface area contributed by atoms with Crippen molar-refractivity contribution in [3.05, 3.63) is 28.7 Å². The summed E-state index contributed by atoms with van der Waals surface area (Å²) in [6.07, 6.45) is 0. The average molecular weight is 384 g/mol. The lowest BCUT2D eigenvalue weighted by Gasteiger charge is -2.11. The van der Waals surface area contributed by atoms with Crippen molar-refractivity contribution in [2.45, 2.75) is 31.2 Å². The number of rotatable bonds is 6. The number of carbonyl (C=O) groups is 1. The van der Waals surface area contributed by atoms with Crippen LogP contribution in [0.4, 0.5) is 0 Å². The van der Waals surface area contributed by atoms with E-state index in [1.54, 1.807) is 0 Å². The predicted octanol–water partition coefficient (Wildman–Crippen LogP) is 3.75. The van der Waals surface area contributed by atoms with Gasteiger partial charge in [-0.3, -0.25) is 4.79 Å². The van der Waals surface area contributed by atoms with Gasteiger partial charge in [0, 0.05) is 11.0 Å². The maximum absolute atomic E-state index is 12.0. The third-order valence-corrected chi connectivity index (χ3v) is 4.47. The molecule has 0 saturated heterocycles. The Balaban J connectivity index is 2.00. The van der Waals surface area contributed by atoms with Crippen LogP contribution in [0.3, 0.4) is 0 Å². The third kappa shape index (κ3) is 4.58. The van der Waals surface area contributed by atoms with Crippen LogP contribution < -0.4 is 5.32 Å². The summed E-state index contributed by atoms with van der Waals surface area (Å²) >= 11 is 4.71. The van der Waals surface area contributed by atoms with Crippen LogP contribution in [0.15, 0.2) is 38.4 Å². The monoisotopic (exact) mass is 383 g/mol. The molecule has 2 aromatic rings. The molecule has 1 N–H and O–H groups in total. The molecule has 7 heteroatoms. The molecule has 0 saturated carbocycles. The summed E-state index contributed by atoms with van der Waals surface area (Å²) < 4.78 is 6.51. The van der Waals surface area contributed by atoms with Gasteiger partial charge in [-0.15, -0.1) is 10.2 Å². The molecule has 22 heavy (non-hydrogen) atoms. The lowest BCUT2D eigenvalue weighted by molar-refractivity contribution is -0.120. The molecule has 0 fully saturated rings. The lowest BCUT2D eigenvalue weighted by Crippen LogP contribution is -2.33. The van der Waals surface area contributed by atoms with Crippen molar-refractivity contribution in [2.75, 3.05) is 6.54 Å². The van der Waals surface area contributed by atoms with Gasteiger partial charge in [0.2, 0.25) is 11.8 Å². The summed E-state index contributed by atoms with van der Waals surface area (Å²) in [6, 6.07) is 7.62. The molecule has 0 bridgehead atoms. The van der Waals surface area contributed by atoms with E-state index in [4.69, 9.17) is 4.42 Å². The zero-order valence-electron chi connectivity index (χ0n) is 12.7. The average Bonchev–Trinajstić information content (AvgIpc) is 2.93. The number of benzene rings is 1. The number of nitrogens with zero attached hydrogens (tertiary/aromatic N) is 2. The molecule has 5 nitrogen and oxygen atoms in total. The van der Waals surface area contributed by atoms with Crippen molar-refractivity contribution in [3.8, 4) is 11.5 Å². The summed E-state index contributed by atoms with van der Waals surface area (Å²) in [5.41, 5.74) is 0.832. The molecule has 1 amide bonds. The highest BCUT2D eigenvalue weighted by molar-refractivity contribution is 9.10. The van der Waals surface area contributed by atoms with Crippen LogP contribution in [0.5, 0.6) is 0 Å². The molecule has 0 aliphatic heterocycles. The molecule has 1 atom stereocenters. The number of hydrogen-bond donors (Lipinski definition) is 1. The number of nitrogens with one attached hydrogen (secondary N) is 1. The van der Waals surface area contributed by atoms with Gasteiger partial charge in [-0.05, 0) is 40.9 Å². The second kappa shape index (κ2) is 7.78. The molecular formula is C15H18BrN3O2S. The van der Waals surface area contributed by atoms with Gasteiger partial charge in [0.1, 0.15) is 0 Å². The van der Waals surface area contributed by atoms with Crippen LogP contribution in [-0.4, -0.2) is 27.9 Å². The molecule has 0 radical (unpaired) electrons. The first kappa shape index (κ1) is 17.0. The third-order valence-electron chi connectivity index (χ3n) is 2.84. The quantitative estimate of drug-likeness (QED) is 0.769. The highest BCUT2D eigenvalue weighted by Gasteiger charge is 2.19. The number of amides is 1. The van der Waals surface area contributed by atoms with Crippen LogP contribution in [0, 0.1) is 5.92 Å². The summed E-state index contributed by atoms with van der Waals surface area (Å²) in [4.78, 5) is 12.0. The number of thioether (sulfide) groups is 1. The van der Waals surface area contributed by atoms with Crippen molar-refractivity contribution >= 4 is 33.6 Å². The number of halogens is 1. The van der Waals surface area contributed by atoms with E-state index in [0.29, 0.717) is 23.6 Å². The fraction of sp³-hybridized carbons (Fsp3) is 0.400. The second-order valence-corrected chi connectivity index (χ2v) is 7.40. The second-order valence-electron chi connectivity index (χ2n) is 5.25. The molecule has 0 unspecified atom stereocenters. The van der Waals surface area contributed by atoms with E-state index in [1.165, 1.54) is 11.8 Å². The van der Waals surface area contributed by atoms with Crippen molar-refractivity contribution in [1.29, 1.82) is 0 Å². The highest BCUT2D eigenvalue weighted by Crippen LogP contribution is 2.30. The molecule has 2 rings (SSSR count). The van der Waals surface area contributed by atoms with E-state index in [0.717, 1.165) is 10.0 Å². The summed E-state index contributed by atoms with van der Waals surface area (Å²) in [5, 5.41) is 11.0. The van der Waals surface area contributed by atoms with Gasteiger partial charge in [0.25, 0.3) is 5.22 Å². The largest absolute Gasteiger partial charge is 0.411 e. The highest BCUT2D eigenvalue weighted by atomic mass is 79.9. The Morgan fingerprint density at radius 1 is 1.32 bits per heavy atom. The van der Waals surface area contributed by atoms with Gasteiger partial charge < -0.3 is 9.73 Å². The summed E-state index contributed by atoms with van der Waals surface area (Å²) in [7, 11) is 0. The van der Waals surface area contributed by atoms with Gasteiger partial charge in [0.05, 0.1) is 10.8 Å². The number of hydrogen-bond acceptors (Lipinski definition) is 5. The Labute approximate surface area is 142 Å². The van der Waals surface area contributed by atoms with E-state index in [-0.39, 0.29) is 11.2 Å². The number of carbonyl (C=O) groups excluding carboxylic acids is 1. The molecule has 1 aromatic heterocycles. The predicted molar refractivity (Wildman–Crippen MR) is 90.6 cm³/mol. The van der Waals surface area contributed by atoms with Crippen LogP contribution in [0.1, 0.15) is 20.8 Å². The summed E-state index contributed by atoms with van der Waals surface area (Å²) in [5.74, 6) is 0.829. The molecule has 0 aliphatic rings.